The number of alkyl halides is 1. The van der Waals surface area contributed by atoms with E-state index in [1.807, 2.05) is 0 Å². The van der Waals surface area contributed by atoms with Crippen LogP contribution in [0.5, 0.6) is 0 Å². The Balaban J connectivity index is 2.35. The molecule has 0 aliphatic heterocycles. The minimum atomic E-state index is 0.720. The maximum absolute atomic E-state index is 5.38. The Labute approximate surface area is 114 Å². The van der Waals surface area contributed by atoms with Crippen molar-refractivity contribution >= 4 is 15.9 Å². The number of halogens is 1. The average Bonchev–Trinajstić information content (AvgIpc) is 2.33. The maximum atomic E-state index is 5.38. The molecule has 1 aromatic rings. The number of aryl methyl sites for hydroxylation is 1. The van der Waals surface area contributed by atoms with E-state index in [4.69, 9.17) is 4.74 Å². The van der Waals surface area contributed by atoms with Crippen molar-refractivity contribution in [1.29, 1.82) is 0 Å². The zero-order valence-electron chi connectivity index (χ0n) is 10.9. The summed E-state index contributed by atoms with van der Waals surface area (Å²) in [6.07, 6.45) is 3.56. The van der Waals surface area contributed by atoms with Gasteiger partial charge in [-0.2, -0.15) is 0 Å². The lowest BCUT2D eigenvalue weighted by atomic mass is 9.96. The van der Waals surface area contributed by atoms with Gasteiger partial charge in [0.25, 0.3) is 0 Å². The molecule has 2 heteroatoms. The second-order valence-corrected chi connectivity index (χ2v) is 5.20. The van der Waals surface area contributed by atoms with Crippen LogP contribution < -0.4 is 0 Å². The van der Waals surface area contributed by atoms with Crippen LogP contribution in [-0.4, -0.2) is 18.5 Å². The molecule has 1 atom stereocenters. The van der Waals surface area contributed by atoms with E-state index in [0.29, 0.717) is 0 Å². The van der Waals surface area contributed by atoms with Gasteiger partial charge in [0.05, 0.1) is 0 Å². The molecule has 0 bridgehead atoms. The lowest BCUT2D eigenvalue weighted by Gasteiger charge is -2.14. The van der Waals surface area contributed by atoms with Gasteiger partial charge in [-0.25, -0.2) is 0 Å². The van der Waals surface area contributed by atoms with Crippen LogP contribution in [0.1, 0.15) is 30.9 Å². The molecule has 1 aromatic carbocycles. The molecule has 0 radical (unpaired) electrons. The first-order valence-corrected chi connectivity index (χ1v) is 7.57. The number of ether oxygens (including phenoxy) is 1. The molecule has 1 rings (SSSR count). The molecule has 17 heavy (non-hydrogen) atoms. The molecule has 0 spiro atoms. The largest absolute Gasteiger partial charge is 0.382 e. The van der Waals surface area contributed by atoms with Crippen LogP contribution in [0.2, 0.25) is 0 Å². The summed E-state index contributed by atoms with van der Waals surface area (Å²) in [6.45, 7) is 5.93. The lowest BCUT2D eigenvalue weighted by molar-refractivity contribution is 0.140. The third-order valence-corrected chi connectivity index (χ3v) is 3.85. The average molecular weight is 299 g/mol. The maximum Gasteiger partial charge on any atom is 0.0466 e. The molecule has 0 saturated heterocycles. The third-order valence-electron chi connectivity index (χ3n) is 2.93. The van der Waals surface area contributed by atoms with Crippen LogP contribution in [0.25, 0.3) is 0 Å². The zero-order chi connectivity index (χ0) is 12.5. The topological polar surface area (TPSA) is 9.23 Å². The minimum Gasteiger partial charge on any atom is -0.382 e. The van der Waals surface area contributed by atoms with E-state index in [9.17, 15) is 0 Å². The standard InChI is InChI=1S/C15H23BrO/c1-3-17-9-5-8-15(12-16)11-14-7-4-6-13(2)10-14/h4,6-7,10,15H,3,5,8-9,11-12H2,1-2H3. The van der Waals surface area contributed by atoms with E-state index in [2.05, 4.69) is 54.0 Å². The van der Waals surface area contributed by atoms with E-state index in [1.54, 1.807) is 0 Å². The second-order valence-electron chi connectivity index (χ2n) is 4.55. The van der Waals surface area contributed by atoms with E-state index < -0.39 is 0 Å². The number of hydrogen-bond donors (Lipinski definition) is 0. The quantitative estimate of drug-likeness (QED) is 0.512. The van der Waals surface area contributed by atoms with Gasteiger partial charge in [-0.3, -0.25) is 0 Å². The van der Waals surface area contributed by atoms with E-state index >= 15 is 0 Å². The molecule has 0 aliphatic rings. The number of rotatable bonds is 8. The number of benzene rings is 1. The third kappa shape index (κ3) is 6.23. The van der Waals surface area contributed by atoms with Crippen molar-refractivity contribution in [2.24, 2.45) is 5.92 Å². The Hall–Kier alpha value is -0.340. The predicted molar refractivity (Wildman–Crippen MR) is 77.9 cm³/mol. The summed E-state index contributed by atoms with van der Waals surface area (Å²) < 4.78 is 5.38. The van der Waals surface area contributed by atoms with Gasteiger partial charge in [-0.15, -0.1) is 0 Å². The summed E-state index contributed by atoms with van der Waals surface area (Å²) in [5, 5.41) is 1.08. The van der Waals surface area contributed by atoms with Gasteiger partial charge in [-0.05, 0) is 44.6 Å². The molecule has 1 unspecified atom stereocenters. The lowest BCUT2D eigenvalue weighted by Crippen LogP contribution is -2.08. The van der Waals surface area contributed by atoms with Gasteiger partial charge in [0.15, 0.2) is 0 Å². The Kier molecular flexibility index (Phi) is 7.54. The summed E-state index contributed by atoms with van der Waals surface area (Å²) in [5.74, 6) is 0.720. The fourth-order valence-electron chi connectivity index (χ4n) is 2.02. The Morgan fingerprint density at radius 1 is 1.35 bits per heavy atom. The fraction of sp³-hybridized carbons (Fsp3) is 0.600. The summed E-state index contributed by atoms with van der Waals surface area (Å²) in [5.41, 5.74) is 2.80. The molecular weight excluding hydrogens is 276 g/mol. The second kappa shape index (κ2) is 8.71. The summed E-state index contributed by atoms with van der Waals surface area (Å²) >= 11 is 3.62. The monoisotopic (exact) mass is 298 g/mol. The van der Waals surface area contributed by atoms with Crippen molar-refractivity contribution in [3.63, 3.8) is 0 Å². The van der Waals surface area contributed by atoms with Crippen molar-refractivity contribution in [3.8, 4) is 0 Å². The van der Waals surface area contributed by atoms with Gasteiger partial charge in [0.2, 0.25) is 0 Å². The molecule has 0 fully saturated rings. The molecule has 1 nitrogen and oxygen atoms in total. The molecular formula is C15H23BrO. The van der Waals surface area contributed by atoms with Crippen LogP contribution >= 0.6 is 15.9 Å². The van der Waals surface area contributed by atoms with Crippen LogP contribution in [0.4, 0.5) is 0 Å². The first kappa shape index (κ1) is 14.7. The van der Waals surface area contributed by atoms with E-state index in [1.165, 1.54) is 24.0 Å². The van der Waals surface area contributed by atoms with E-state index in [0.717, 1.165) is 30.9 Å². The summed E-state index contributed by atoms with van der Waals surface area (Å²) in [4.78, 5) is 0. The first-order chi connectivity index (χ1) is 8.26. The fourth-order valence-corrected chi connectivity index (χ4v) is 2.58. The molecule has 0 aromatic heterocycles. The summed E-state index contributed by atoms with van der Waals surface area (Å²) in [7, 11) is 0. The van der Waals surface area contributed by atoms with Crippen molar-refractivity contribution in [1.82, 2.24) is 0 Å². The molecule has 96 valence electrons. The van der Waals surface area contributed by atoms with Gasteiger partial charge < -0.3 is 4.74 Å². The van der Waals surface area contributed by atoms with Crippen molar-refractivity contribution < 1.29 is 4.74 Å². The molecule has 0 amide bonds. The Morgan fingerprint density at radius 3 is 2.82 bits per heavy atom. The molecule has 0 N–H and O–H groups in total. The van der Waals surface area contributed by atoms with Crippen LogP contribution in [0, 0.1) is 12.8 Å². The summed E-state index contributed by atoms with van der Waals surface area (Å²) in [6, 6.07) is 8.82. The molecule has 0 heterocycles. The molecule has 0 aliphatic carbocycles. The Bertz CT molecular complexity index is 312. The normalized spacial score (nSPS) is 12.6. The van der Waals surface area contributed by atoms with Crippen molar-refractivity contribution in [2.75, 3.05) is 18.5 Å². The van der Waals surface area contributed by atoms with Gasteiger partial charge >= 0.3 is 0 Å². The highest BCUT2D eigenvalue weighted by Crippen LogP contribution is 2.17. The minimum absolute atomic E-state index is 0.720. The first-order valence-electron chi connectivity index (χ1n) is 6.45. The number of hydrogen-bond acceptors (Lipinski definition) is 1. The highest BCUT2D eigenvalue weighted by molar-refractivity contribution is 9.09. The SMILES string of the molecule is CCOCCCC(CBr)Cc1cccc(C)c1. The van der Waals surface area contributed by atoms with Crippen LogP contribution in [0.15, 0.2) is 24.3 Å². The van der Waals surface area contributed by atoms with Crippen molar-refractivity contribution in [3.05, 3.63) is 35.4 Å². The Morgan fingerprint density at radius 2 is 2.18 bits per heavy atom. The van der Waals surface area contributed by atoms with E-state index in [-0.39, 0.29) is 0 Å². The van der Waals surface area contributed by atoms with Crippen molar-refractivity contribution in [2.45, 2.75) is 33.1 Å². The van der Waals surface area contributed by atoms with Gasteiger partial charge in [0.1, 0.15) is 0 Å². The van der Waals surface area contributed by atoms with Gasteiger partial charge in [-0.1, -0.05) is 45.8 Å². The predicted octanol–water partition coefficient (Wildman–Crippen LogP) is 4.37. The van der Waals surface area contributed by atoms with Gasteiger partial charge in [0, 0.05) is 18.5 Å². The van der Waals surface area contributed by atoms with Crippen LogP contribution in [-0.2, 0) is 11.2 Å². The van der Waals surface area contributed by atoms with Crippen LogP contribution in [0.3, 0.4) is 0 Å². The molecule has 0 saturated carbocycles. The smallest absolute Gasteiger partial charge is 0.0466 e. The highest BCUT2D eigenvalue weighted by Gasteiger charge is 2.08. The zero-order valence-corrected chi connectivity index (χ0v) is 12.5. The highest BCUT2D eigenvalue weighted by atomic mass is 79.9.